The number of ether oxygens (including phenoxy) is 1. The first kappa shape index (κ1) is 18.1. The number of hydrogen-bond acceptors (Lipinski definition) is 5. The van der Waals surface area contributed by atoms with Gasteiger partial charge in [0.15, 0.2) is 0 Å². The van der Waals surface area contributed by atoms with E-state index in [1.165, 1.54) is 0 Å². The molecule has 2 aromatic heterocycles. The number of carbonyl (C=O) groups excluding carboxylic acids is 1. The molecular weight excluding hydrogens is 352 g/mol. The highest BCUT2D eigenvalue weighted by Gasteiger charge is 2.21. The molecule has 1 fully saturated rings. The Labute approximate surface area is 163 Å². The summed E-state index contributed by atoms with van der Waals surface area (Å²) in [7, 11) is 1.65. The number of fused-ring (bicyclic) bond motifs is 1. The van der Waals surface area contributed by atoms with Crippen molar-refractivity contribution in [2.75, 3.05) is 13.7 Å². The van der Waals surface area contributed by atoms with Crippen LogP contribution in [-0.2, 0) is 11.2 Å². The van der Waals surface area contributed by atoms with Gasteiger partial charge in [-0.25, -0.2) is 5.01 Å². The lowest BCUT2D eigenvalue weighted by Gasteiger charge is -2.14. The molecule has 0 radical (unpaired) electrons. The third-order valence-corrected chi connectivity index (χ3v) is 4.87. The molecule has 0 aliphatic carbocycles. The van der Waals surface area contributed by atoms with Gasteiger partial charge in [0.25, 0.3) is 0 Å². The van der Waals surface area contributed by atoms with Crippen molar-refractivity contribution in [3.05, 3.63) is 65.6 Å². The molecule has 0 bridgehead atoms. The van der Waals surface area contributed by atoms with Crippen LogP contribution in [0.2, 0.25) is 0 Å². The molecule has 4 rings (SSSR count). The summed E-state index contributed by atoms with van der Waals surface area (Å²) in [6.45, 7) is 2.61. The number of carbonyl (C=O) groups is 1. The first-order valence-corrected chi connectivity index (χ1v) is 9.37. The van der Waals surface area contributed by atoms with Crippen molar-refractivity contribution in [2.45, 2.75) is 26.2 Å². The highest BCUT2D eigenvalue weighted by atomic mass is 16.5. The first-order chi connectivity index (χ1) is 13.6. The number of rotatable bonds is 5. The molecule has 3 heterocycles. The summed E-state index contributed by atoms with van der Waals surface area (Å²) in [5.41, 5.74) is 4.44. The largest absolute Gasteiger partial charge is 0.497 e. The minimum Gasteiger partial charge on any atom is -0.497 e. The number of hydrazone groups is 1. The van der Waals surface area contributed by atoms with Crippen molar-refractivity contribution in [1.82, 2.24) is 15.0 Å². The van der Waals surface area contributed by atoms with Crippen LogP contribution in [0.25, 0.3) is 10.9 Å². The van der Waals surface area contributed by atoms with E-state index in [-0.39, 0.29) is 5.91 Å². The van der Waals surface area contributed by atoms with Gasteiger partial charge in [0.05, 0.1) is 24.0 Å². The molecule has 0 saturated carbocycles. The van der Waals surface area contributed by atoms with Gasteiger partial charge in [-0.15, -0.1) is 0 Å². The van der Waals surface area contributed by atoms with Gasteiger partial charge in [-0.3, -0.25) is 14.8 Å². The van der Waals surface area contributed by atoms with E-state index in [1.807, 2.05) is 49.4 Å². The van der Waals surface area contributed by atoms with Crippen molar-refractivity contribution in [3.63, 3.8) is 0 Å². The van der Waals surface area contributed by atoms with E-state index in [2.05, 4.69) is 9.97 Å². The van der Waals surface area contributed by atoms with Gasteiger partial charge in [-0.2, -0.15) is 5.10 Å². The molecule has 1 saturated heterocycles. The van der Waals surface area contributed by atoms with Crippen molar-refractivity contribution >= 4 is 22.5 Å². The minimum atomic E-state index is 0.0643. The van der Waals surface area contributed by atoms with E-state index >= 15 is 0 Å². The lowest BCUT2D eigenvalue weighted by molar-refractivity contribution is -0.127. The third kappa shape index (κ3) is 3.71. The fraction of sp³-hybridized carbons (Fsp3) is 0.273. The van der Waals surface area contributed by atoms with E-state index in [4.69, 9.17) is 9.84 Å². The molecule has 1 aliphatic rings. The predicted octanol–water partition coefficient (Wildman–Crippen LogP) is 3.52. The average molecular weight is 374 g/mol. The normalized spacial score (nSPS) is 14.7. The molecule has 142 valence electrons. The van der Waals surface area contributed by atoms with Gasteiger partial charge in [0.1, 0.15) is 5.75 Å². The SMILES string of the molecule is COc1ccc2c(CC(=NN3CCCC3=O)c3cccc(C)n3)ccnc2c1. The van der Waals surface area contributed by atoms with Crippen molar-refractivity contribution in [2.24, 2.45) is 5.10 Å². The molecule has 0 N–H and O–H groups in total. The second-order valence-electron chi connectivity index (χ2n) is 6.86. The maximum atomic E-state index is 12.1. The number of amides is 1. The van der Waals surface area contributed by atoms with E-state index in [0.717, 1.165) is 45.7 Å². The number of benzene rings is 1. The molecule has 0 unspecified atom stereocenters. The van der Waals surface area contributed by atoms with Crippen LogP contribution in [0.3, 0.4) is 0 Å². The zero-order valence-corrected chi connectivity index (χ0v) is 16.1. The molecule has 1 amide bonds. The Balaban J connectivity index is 1.77. The molecule has 28 heavy (non-hydrogen) atoms. The third-order valence-electron chi connectivity index (χ3n) is 4.87. The van der Waals surface area contributed by atoms with Crippen LogP contribution in [0, 0.1) is 6.92 Å². The molecule has 0 spiro atoms. The Hall–Kier alpha value is -3.28. The summed E-state index contributed by atoms with van der Waals surface area (Å²) < 4.78 is 5.31. The Bertz CT molecular complexity index is 1060. The molecule has 6 nitrogen and oxygen atoms in total. The molecular formula is C22H22N4O2. The van der Waals surface area contributed by atoms with Crippen LogP contribution in [0.15, 0.2) is 53.8 Å². The first-order valence-electron chi connectivity index (χ1n) is 9.37. The summed E-state index contributed by atoms with van der Waals surface area (Å²) in [6, 6.07) is 13.7. The monoisotopic (exact) mass is 374 g/mol. The van der Waals surface area contributed by atoms with Crippen LogP contribution < -0.4 is 4.74 Å². The smallest absolute Gasteiger partial charge is 0.242 e. The van der Waals surface area contributed by atoms with Crippen LogP contribution in [0.4, 0.5) is 0 Å². The molecule has 6 heteroatoms. The lowest BCUT2D eigenvalue weighted by Crippen LogP contribution is -2.22. The van der Waals surface area contributed by atoms with E-state index in [1.54, 1.807) is 18.3 Å². The highest BCUT2D eigenvalue weighted by molar-refractivity contribution is 6.02. The van der Waals surface area contributed by atoms with Crippen LogP contribution >= 0.6 is 0 Å². The maximum absolute atomic E-state index is 12.1. The molecule has 1 aromatic carbocycles. The number of aromatic nitrogens is 2. The van der Waals surface area contributed by atoms with Gasteiger partial charge >= 0.3 is 0 Å². The highest BCUT2D eigenvalue weighted by Crippen LogP contribution is 2.23. The standard InChI is InChI=1S/C22H22N4O2/c1-15-5-3-6-19(24-15)21(25-26-12-4-7-22(26)27)13-16-10-11-23-20-14-17(28-2)8-9-18(16)20/h3,5-6,8-11,14H,4,7,12-13H2,1-2H3. The van der Waals surface area contributed by atoms with Gasteiger partial charge in [0, 0.05) is 42.7 Å². The Morgan fingerprint density at radius 1 is 1.25 bits per heavy atom. The van der Waals surface area contributed by atoms with Crippen LogP contribution in [0.1, 0.15) is 29.8 Å². The maximum Gasteiger partial charge on any atom is 0.242 e. The van der Waals surface area contributed by atoms with Crippen LogP contribution in [0.5, 0.6) is 5.75 Å². The van der Waals surface area contributed by atoms with E-state index in [0.29, 0.717) is 19.4 Å². The second-order valence-corrected chi connectivity index (χ2v) is 6.86. The Kier molecular flexibility index (Phi) is 5.02. The fourth-order valence-corrected chi connectivity index (χ4v) is 3.41. The number of hydrogen-bond donors (Lipinski definition) is 0. The summed E-state index contributed by atoms with van der Waals surface area (Å²) in [6.07, 6.45) is 3.75. The zero-order valence-electron chi connectivity index (χ0n) is 16.1. The van der Waals surface area contributed by atoms with E-state index in [9.17, 15) is 4.79 Å². The van der Waals surface area contributed by atoms with Gasteiger partial charge in [-0.1, -0.05) is 6.07 Å². The molecule has 1 aliphatic heterocycles. The fourth-order valence-electron chi connectivity index (χ4n) is 3.41. The predicted molar refractivity (Wildman–Crippen MR) is 108 cm³/mol. The summed E-state index contributed by atoms with van der Waals surface area (Å²) in [4.78, 5) is 21.2. The minimum absolute atomic E-state index is 0.0643. The van der Waals surface area contributed by atoms with Gasteiger partial charge < -0.3 is 4.74 Å². The average Bonchev–Trinajstić information content (AvgIpc) is 3.11. The van der Waals surface area contributed by atoms with Crippen molar-refractivity contribution in [3.8, 4) is 5.75 Å². The summed E-state index contributed by atoms with van der Waals surface area (Å²) in [5.74, 6) is 0.837. The molecule has 0 atom stereocenters. The summed E-state index contributed by atoms with van der Waals surface area (Å²) >= 11 is 0. The molecule has 3 aromatic rings. The zero-order chi connectivity index (χ0) is 19.5. The summed E-state index contributed by atoms with van der Waals surface area (Å²) in [5, 5.41) is 7.31. The van der Waals surface area contributed by atoms with Gasteiger partial charge in [0.2, 0.25) is 5.91 Å². The number of aryl methyl sites for hydroxylation is 1. The quantitative estimate of drug-likeness (QED) is 0.641. The van der Waals surface area contributed by atoms with Crippen LogP contribution in [-0.4, -0.2) is 40.3 Å². The van der Waals surface area contributed by atoms with E-state index < -0.39 is 0 Å². The second kappa shape index (κ2) is 7.76. The van der Waals surface area contributed by atoms with Gasteiger partial charge in [-0.05, 0) is 49.2 Å². The number of nitrogens with zero attached hydrogens (tertiary/aromatic N) is 4. The number of methoxy groups -OCH3 is 1. The van der Waals surface area contributed by atoms with Crippen molar-refractivity contribution in [1.29, 1.82) is 0 Å². The number of pyridine rings is 2. The topological polar surface area (TPSA) is 67.7 Å². The Morgan fingerprint density at radius 3 is 2.89 bits per heavy atom. The lowest BCUT2D eigenvalue weighted by atomic mass is 10.0. The van der Waals surface area contributed by atoms with Crippen molar-refractivity contribution < 1.29 is 9.53 Å². The Morgan fingerprint density at radius 2 is 2.14 bits per heavy atom.